The number of hydrogen-bond acceptors (Lipinski definition) is 3. The van der Waals surface area contributed by atoms with Crippen molar-refractivity contribution in [1.29, 1.82) is 0 Å². The van der Waals surface area contributed by atoms with Crippen LogP contribution in [0.2, 0.25) is 0 Å². The van der Waals surface area contributed by atoms with Gasteiger partial charge in [0, 0.05) is 5.56 Å². The predicted molar refractivity (Wildman–Crippen MR) is 73.3 cm³/mol. The van der Waals surface area contributed by atoms with Crippen molar-refractivity contribution in [2.24, 2.45) is 0 Å². The Hall–Kier alpha value is -2.29. The Morgan fingerprint density at radius 1 is 1.06 bits per heavy atom. The van der Waals surface area contributed by atoms with Gasteiger partial charge in [-0.2, -0.15) is 0 Å². The summed E-state index contributed by atoms with van der Waals surface area (Å²) in [5, 5.41) is 0. The normalized spacial score (nSPS) is 11.0. The molecule has 3 nitrogen and oxygen atoms in total. The van der Waals surface area contributed by atoms with Crippen LogP contribution < -0.4 is 5.73 Å². The summed E-state index contributed by atoms with van der Waals surface area (Å²) in [6, 6.07) is 11.8. The standard InChI is InChI=1S/C15H14N2O/c1-9-6-10(2)8-11(7-9)15-17-14-12(16)4-3-5-13(14)18-15/h3-8H,16H2,1-2H3. The van der Waals surface area contributed by atoms with E-state index < -0.39 is 0 Å². The van der Waals surface area contributed by atoms with Crippen molar-refractivity contribution in [3.05, 3.63) is 47.5 Å². The molecule has 0 amide bonds. The molecule has 0 aliphatic carbocycles. The Morgan fingerprint density at radius 2 is 1.78 bits per heavy atom. The molecular weight excluding hydrogens is 224 g/mol. The van der Waals surface area contributed by atoms with Crippen molar-refractivity contribution in [1.82, 2.24) is 4.98 Å². The molecule has 0 aliphatic rings. The van der Waals surface area contributed by atoms with Crippen LogP contribution in [0.5, 0.6) is 0 Å². The average molecular weight is 238 g/mol. The van der Waals surface area contributed by atoms with E-state index in [1.807, 2.05) is 18.2 Å². The highest BCUT2D eigenvalue weighted by molar-refractivity contribution is 5.87. The minimum Gasteiger partial charge on any atom is -0.436 e. The van der Waals surface area contributed by atoms with Crippen LogP contribution in [0.15, 0.2) is 40.8 Å². The Bertz CT molecular complexity index is 708. The van der Waals surface area contributed by atoms with Crippen molar-refractivity contribution >= 4 is 16.8 Å². The zero-order chi connectivity index (χ0) is 12.7. The number of nitrogens with zero attached hydrogens (tertiary/aromatic N) is 1. The lowest BCUT2D eigenvalue weighted by molar-refractivity contribution is 0.619. The number of aromatic nitrogens is 1. The molecule has 0 spiro atoms. The Labute approximate surface area is 105 Å². The van der Waals surface area contributed by atoms with Crippen LogP contribution in [0, 0.1) is 13.8 Å². The predicted octanol–water partition coefficient (Wildman–Crippen LogP) is 3.69. The number of nitrogen functional groups attached to an aromatic ring is 1. The van der Waals surface area contributed by atoms with E-state index in [2.05, 4.69) is 37.0 Å². The SMILES string of the molecule is Cc1cc(C)cc(-c2nc3c(N)cccc3o2)c1. The number of fused-ring (bicyclic) bond motifs is 1. The molecule has 0 radical (unpaired) electrons. The molecule has 0 unspecified atom stereocenters. The number of nitrogens with two attached hydrogens (primary N) is 1. The van der Waals surface area contributed by atoms with Gasteiger partial charge in [-0.05, 0) is 38.1 Å². The highest BCUT2D eigenvalue weighted by atomic mass is 16.3. The third-order valence-electron chi connectivity index (χ3n) is 2.92. The molecule has 0 bridgehead atoms. The van der Waals surface area contributed by atoms with Crippen molar-refractivity contribution < 1.29 is 4.42 Å². The van der Waals surface area contributed by atoms with Crippen LogP contribution in [0.25, 0.3) is 22.6 Å². The second-order valence-corrected chi connectivity index (χ2v) is 4.59. The van der Waals surface area contributed by atoms with Gasteiger partial charge in [0.15, 0.2) is 5.58 Å². The monoisotopic (exact) mass is 238 g/mol. The van der Waals surface area contributed by atoms with Gasteiger partial charge < -0.3 is 10.2 Å². The van der Waals surface area contributed by atoms with Gasteiger partial charge in [0.2, 0.25) is 5.89 Å². The van der Waals surface area contributed by atoms with Crippen LogP contribution in [-0.2, 0) is 0 Å². The molecule has 3 aromatic rings. The van der Waals surface area contributed by atoms with Gasteiger partial charge in [-0.25, -0.2) is 4.98 Å². The summed E-state index contributed by atoms with van der Waals surface area (Å²) in [5.74, 6) is 0.620. The molecule has 0 atom stereocenters. The molecule has 0 aliphatic heterocycles. The lowest BCUT2D eigenvalue weighted by atomic mass is 10.1. The fourth-order valence-electron chi connectivity index (χ4n) is 2.19. The third kappa shape index (κ3) is 1.74. The van der Waals surface area contributed by atoms with E-state index in [4.69, 9.17) is 10.2 Å². The first-order valence-corrected chi connectivity index (χ1v) is 5.87. The molecule has 3 heteroatoms. The second-order valence-electron chi connectivity index (χ2n) is 4.59. The smallest absolute Gasteiger partial charge is 0.227 e. The van der Waals surface area contributed by atoms with Crippen molar-refractivity contribution in [3.8, 4) is 11.5 Å². The van der Waals surface area contributed by atoms with E-state index in [0.29, 0.717) is 11.6 Å². The molecule has 2 aromatic carbocycles. The van der Waals surface area contributed by atoms with Crippen LogP contribution in [0.1, 0.15) is 11.1 Å². The number of hydrogen-bond donors (Lipinski definition) is 1. The zero-order valence-electron chi connectivity index (χ0n) is 10.4. The highest BCUT2D eigenvalue weighted by Crippen LogP contribution is 2.28. The molecule has 18 heavy (non-hydrogen) atoms. The Morgan fingerprint density at radius 3 is 2.44 bits per heavy atom. The summed E-state index contributed by atoms with van der Waals surface area (Å²) in [6.07, 6.45) is 0. The molecule has 2 N–H and O–H groups in total. The fourth-order valence-corrected chi connectivity index (χ4v) is 2.19. The second kappa shape index (κ2) is 3.88. The van der Waals surface area contributed by atoms with Crippen LogP contribution in [-0.4, -0.2) is 4.98 Å². The minimum atomic E-state index is 0.620. The molecule has 1 aromatic heterocycles. The lowest BCUT2D eigenvalue weighted by Crippen LogP contribution is -1.85. The first-order chi connectivity index (χ1) is 8.63. The van der Waals surface area contributed by atoms with Crippen molar-refractivity contribution in [2.75, 3.05) is 5.73 Å². The van der Waals surface area contributed by atoms with E-state index in [1.54, 1.807) is 0 Å². The zero-order valence-corrected chi connectivity index (χ0v) is 10.4. The summed E-state index contributed by atoms with van der Waals surface area (Å²) < 4.78 is 5.75. The van der Waals surface area contributed by atoms with Crippen molar-refractivity contribution in [3.63, 3.8) is 0 Å². The number of oxazole rings is 1. The topological polar surface area (TPSA) is 52.0 Å². The van der Waals surface area contributed by atoms with E-state index in [9.17, 15) is 0 Å². The largest absolute Gasteiger partial charge is 0.436 e. The molecule has 90 valence electrons. The van der Waals surface area contributed by atoms with E-state index in [-0.39, 0.29) is 0 Å². The summed E-state index contributed by atoms with van der Waals surface area (Å²) in [6.45, 7) is 4.13. The summed E-state index contributed by atoms with van der Waals surface area (Å²) in [5.41, 5.74) is 11.4. The fraction of sp³-hybridized carbons (Fsp3) is 0.133. The van der Waals surface area contributed by atoms with Gasteiger partial charge in [0.05, 0.1) is 5.69 Å². The number of aryl methyl sites for hydroxylation is 2. The van der Waals surface area contributed by atoms with Crippen LogP contribution in [0.3, 0.4) is 0 Å². The number of rotatable bonds is 1. The van der Waals surface area contributed by atoms with Crippen LogP contribution in [0.4, 0.5) is 5.69 Å². The molecule has 1 heterocycles. The summed E-state index contributed by atoms with van der Waals surface area (Å²) >= 11 is 0. The maximum absolute atomic E-state index is 5.88. The molecule has 3 rings (SSSR count). The van der Waals surface area contributed by atoms with Gasteiger partial charge >= 0.3 is 0 Å². The van der Waals surface area contributed by atoms with Crippen molar-refractivity contribution in [2.45, 2.75) is 13.8 Å². The lowest BCUT2D eigenvalue weighted by Gasteiger charge is -2.00. The molecule has 0 saturated carbocycles. The molecular formula is C15H14N2O. The Balaban J connectivity index is 2.22. The maximum atomic E-state index is 5.88. The van der Waals surface area contributed by atoms with Gasteiger partial charge in [0.25, 0.3) is 0 Å². The number of para-hydroxylation sites is 1. The highest BCUT2D eigenvalue weighted by Gasteiger charge is 2.10. The van der Waals surface area contributed by atoms with E-state index >= 15 is 0 Å². The average Bonchev–Trinajstić information content (AvgIpc) is 2.73. The number of anilines is 1. The van der Waals surface area contributed by atoms with E-state index in [1.165, 1.54) is 11.1 Å². The first kappa shape index (κ1) is 10.8. The molecule has 0 saturated heterocycles. The Kier molecular flexibility index (Phi) is 2.33. The van der Waals surface area contributed by atoms with Gasteiger partial charge in [-0.3, -0.25) is 0 Å². The molecule has 0 fully saturated rings. The minimum absolute atomic E-state index is 0.620. The number of benzene rings is 2. The van der Waals surface area contributed by atoms with E-state index in [0.717, 1.165) is 16.7 Å². The van der Waals surface area contributed by atoms with Gasteiger partial charge in [0.1, 0.15) is 5.52 Å². The maximum Gasteiger partial charge on any atom is 0.227 e. The van der Waals surface area contributed by atoms with Gasteiger partial charge in [-0.15, -0.1) is 0 Å². The third-order valence-corrected chi connectivity index (χ3v) is 2.92. The summed E-state index contributed by atoms with van der Waals surface area (Å²) in [4.78, 5) is 4.47. The first-order valence-electron chi connectivity index (χ1n) is 5.87. The van der Waals surface area contributed by atoms with Crippen LogP contribution >= 0.6 is 0 Å². The summed E-state index contributed by atoms with van der Waals surface area (Å²) in [7, 11) is 0. The van der Waals surface area contributed by atoms with Gasteiger partial charge in [-0.1, -0.05) is 23.3 Å². The quantitative estimate of drug-likeness (QED) is 0.658.